The van der Waals surface area contributed by atoms with Gasteiger partial charge >= 0.3 is 0 Å². The normalized spacial score (nSPS) is 14.6. The van der Waals surface area contributed by atoms with Crippen molar-refractivity contribution in [2.45, 2.75) is 13.8 Å². The topological polar surface area (TPSA) is 78.7 Å². The van der Waals surface area contributed by atoms with Crippen LogP contribution >= 0.6 is 0 Å². The Bertz CT molecular complexity index is 1290. The number of nitrogens with zero attached hydrogens (tertiary/aromatic N) is 6. The van der Waals surface area contributed by atoms with Crippen molar-refractivity contribution in [2.75, 3.05) is 43.4 Å². The lowest BCUT2D eigenvalue weighted by atomic mass is 10.1. The molecule has 1 aliphatic heterocycles. The molecular weight excluding hydrogens is 414 g/mol. The van der Waals surface area contributed by atoms with Gasteiger partial charge in [0.25, 0.3) is 5.91 Å². The van der Waals surface area contributed by atoms with Gasteiger partial charge in [-0.2, -0.15) is 0 Å². The minimum atomic E-state index is -0.170. The van der Waals surface area contributed by atoms with Crippen molar-refractivity contribution in [1.29, 1.82) is 0 Å². The molecule has 0 radical (unpaired) electrons. The van der Waals surface area contributed by atoms with Crippen LogP contribution in [0.25, 0.3) is 16.9 Å². The van der Waals surface area contributed by atoms with Gasteiger partial charge in [-0.15, -0.1) is 0 Å². The quantitative estimate of drug-likeness (QED) is 0.523. The third-order valence-corrected chi connectivity index (χ3v) is 6.18. The van der Waals surface area contributed by atoms with E-state index < -0.39 is 0 Å². The number of hydrogen-bond donors (Lipinski definition) is 1. The van der Waals surface area contributed by atoms with Crippen LogP contribution in [0.1, 0.15) is 21.7 Å². The fraction of sp³-hybridized carbons (Fsp3) is 0.280. The highest BCUT2D eigenvalue weighted by atomic mass is 16.1. The molecule has 1 amide bonds. The van der Waals surface area contributed by atoms with Crippen molar-refractivity contribution >= 4 is 23.2 Å². The highest BCUT2D eigenvalue weighted by Gasteiger charge is 2.19. The van der Waals surface area contributed by atoms with Crippen molar-refractivity contribution in [1.82, 2.24) is 24.3 Å². The number of carbonyl (C=O) groups is 1. The van der Waals surface area contributed by atoms with E-state index in [9.17, 15) is 4.79 Å². The summed E-state index contributed by atoms with van der Waals surface area (Å²) >= 11 is 0. The number of imidazole rings is 1. The van der Waals surface area contributed by atoms with Gasteiger partial charge in [0.2, 0.25) is 0 Å². The van der Waals surface area contributed by atoms with Crippen LogP contribution in [0, 0.1) is 13.8 Å². The third kappa shape index (κ3) is 4.05. The molecule has 5 rings (SSSR count). The predicted octanol–water partition coefficient (Wildman–Crippen LogP) is 3.41. The highest BCUT2D eigenvalue weighted by molar-refractivity contribution is 6.04. The molecule has 1 aliphatic rings. The first-order chi connectivity index (χ1) is 16.0. The van der Waals surface area contributed by atoms with E-state index in [1.165, 1.54) is 0 Å². The summed E-state index contributed by atoms with van der Waals surface area (Å²) < 4.78 is 1.95. The van der Waals surface area contributed by atoms with Crippen molar-refractivity contribution in [3.63, 3.8) is 0 Å². The Morgan fingerprint density at radius 1 is 0.939 bits per heavy atom. The first-order valence-corrected chi connectivity index (χ1v) is 11.1. The maximum absolute atomic E-state index is 12.8. The van der Waals surface area contributed by atoms with Gasteiger partial charge in [0.15, 0.2) is 5.65 Å². The minimum Gasteiger partial charge on any atom is -0.354 e. The minimum absolute atomic E-state index is 0.170. The smallest absolute Gasteiger partial charge is 0.256 e. The molecule has 8 heteroatoms. The highest BCUT2D eigenvalue weighted by Crippen LogP contribution is 2.27. The van der Waals surface area contributed by atoms with E-state index in [1.54, 1.807) is 18.3 Å². The molecule has 4 heterocycles. The molecule has 0 unspecified atom stereocenters. The number of benzene rings is 1. The van der Waals surface area contributed by atoms with Gasteiger partial charge in [0, 0.05) is 49.2 Å². The van der Waals surface area contributed by atoms with Gasteiger partial charge in [0.05, 0.1) is 17.6 Å². The lowest BCUT2D eigenvalue weighted by Gasteiger charge is -2.33. The average molecular weight is 442 g/mol. The SMILES string of the molecule is Cc1nc2cnc(-c3ccc(N4CCN(C)CC4)nc3)c(C)n2c1NC(=O)c1ccccc1. The van der Waals surface area contributed by atoms with Crippen LogP contribution in [-0.4, -0.2) is 63.4 Å². The lowest BCUT2D eigenvalue weighted by molar-refractivity contribution is 0.102. The Hall–Kier alpha value is -3.78. The molecule has 8 nitrogen and oxygen atoms in total. The van der Waals surface area contributed by atoms with Crippen LogP contribution in [0.4, 0.5) is 11.6 Å². The number of anilines is 2. The molecule has 1 aromatic carbocycles. The molecule has 4 aromatic rings. The molecule has 168 valence electrons. The fourth-order valence-corrected chi connectivity index (χ4v) is 4.25. The average Bonchev–Trinajstić information content (AvgIpc) is 3.16. The summed E-state index contributed by atoms with van der Waals surface area (Å²) in [6.07, 6.45) is 3.61. The maximum Gasteiger partial charge on any atom is 0.256 e. The largest absolute Gasteiger partial charge is 0.354 e. The van der Waals surface area contributed by atoms with E-state index in [1.807, 2.05) is 42.6 Å². The van der Waals surface area contributed by atoms with Gasteiger partial charge in [-0.05, 0) is 45.2 Å². The fourth-order valence-electron chi connectivity index (χ4n) is 4.25. The Morgan fingerprint density at radius 2 is 1.70 bits per heavy atom. The van der Waals surface area contributed by atoms with Crippen LogP contribution in [-0.2, 0) is 0 Å². The number of aromatic nitrogens is 4. The van der Waals surface area contributed by atoms with E-state index in [4.69, 9.17) is 4.98 Å². The zero-order chi connectivity index (χ0) is 22.9. The molecule has 1 fully saturated rings. The number of rotatable bonds is 4. The number of nitrogens with one attached hydrogen (secondary N) is 1. The van der Waals surface area contributed by atoms with E-state index >= 15 is 0 Å². The zero-order valence-corrected chi connectivity index (χ0v) is 19.1. The summed E-state index contributed by atoms with van der Waals surface area (Å²) in [7, 11) is 2.15. The number of amides is 1. The lowest BCUT2D eigenvalue weighted by Crippen LogP contribution is -2.44. The second-order valence-corrected chi connectivity index (χ2v) is 8.45. The number of fused-ring (bicyclic) bond motifs is 1. The van der Waals surface area contributed by atoms with Gasteiger partial charge in [-0.3, -0.25) is 14.2 Å². The van der Waals surface area contributed by atoms with Gasteiger partial charge in [-0.1, -0.05) is 18.2 Å². The molecule has 3 aromatic heterocycles. The Morgan fingerprint density at radius 3 is 2.39 bits per heavy atom. The summed E-state index contributed by atoms with van der Waals surface area (Å²) in [6.45, 7) is 7.91. The van der Waals surface area contributed by atoms with E-state index in [0.29, 0.717) is 17.0 Å². The van der Waals surface area contributed by atoms with Crippen molar-refractivity contribution < 1.29 is 4.79 Å². The number of piperazine rings is 1. The molecule has 0 spiro atoms. The Balaban J connectivity index is 1.47. The molecule has 33 heavy (non-hydrogen) atoms. The van der Waals surface area contributed by atoms with Crippen molar-refractivity contribution in [3.8, 4) is 11.3 Å². The number of hydrogen-bond acceptors (Lipinski definition) is 6. The molecule has 1 saturated heterocycles. The molecule has 0 atom stereocenters. The maximum atomic E-state index is 12.8. The predicted molar refractivity (Wildman–Crippen MR) is 130 cm³/mol. The van der Waals surface area contributed by atoms with Gasteiger partial charge < -0.3 is 15.1 Å². The molecular formula is C25H27N7O. The number of likely N-dealkylation sites (N-methyl/N-ethyl adjacent to an activating group) is 1. The second-order valence-electron chi connectivity index (χ2n) is 8.45. The summed E-state index contributed by atoms with van der Waals surface area (Å²) in [6, 6.07) is 13.3. The van der Waals surface area contributed by atoms with Crippen LogP contribution in [0.5, 0.6) is 0 Å². The van der Waals surface area contributed by atoms with E-state index in [0.717, 1.165) is 54.6 Å². The Labute approximate surface area is 192 Å². The number of aryl methyl sites for hydroxylation is 2. The summed E-state index contributed by atoms with van der Waals surface area (Å²) in [4.78, 5) is 31.4. The second kappa shape index (κ2) is 8.63. The molecule has 0 aliphatic carbocycles. The summed E-state index contributed by atoms with van der Waals surface area (Å²) in [5, 5.41) is 3.03. The number of pyridine rings is 1. The third-order valence-electron chi connectivity index (χ3n) is 6.18. The van der Waals surface area contributed by atoms with Crippen LogP contribution < -0.4 is 10.2 Å². The molecule has 1 N–H and O–H groups in total. The zero-order valence-electron chi connectivity index (χ0n) is 19.1. The monoisotopic (exact) mass is 441 g/mol. The molecule has 0 bridgehead atoms. The summed E-state index contributed by atoms with van der Waals surface area (Å²) in [5.74, 6) is 1.47. The van der Waals surface area contributed by atoms with Crippen molar-refractivity contribution in [2.24, 2.45) is 0 Å². The van der Waals surface area contributed by atoms with E-state index in [2.05, 4.69) is 44.3 Å². The first-order valence-electron chi connectivity index (χ1n) is 11.1. The Kier molecular flexibility index (Phi) is 5.51. The van der Waals surface area contributed by atoms with Gasteiger partial charge in [0.1, 0.15) is 11.6 Å². The van der Waals surface area contributed by atoms with Gasteiger partial charge in [-0.25, -0.2) is 9.97 Å². The number of carbonyl (C=O) groups excluding carboxylic acids is 1. The van der Waals surface area contributed by atoms with Crippen LogP contribution in [0.2, 0.25) is 0 Å². The van der Waals surface area contributed by atoms with Crippen LogP contribution in [0.15, 0.2) is 54.9 Å². The summed E-state index contributed by atoms with van der Waals surface area (Å²) in [5.41, 5.74) is 4.67. The standard InChI is InChI=1S/C25H27N7O/c1-17-24(29-25(33)19-7-5-4-6-8-19)32-18(2)23(27-16-22(32)28-17)20-9-10-21(26-15-20)31-13-11-30(3)12-14-31/h4-10,15-16H,11-14H2,1-3H3,(H,29,33). The van der Waals surface area contributed by atoms with Crippen molar-refractivity contribution in [3.05, 3.63) is 71.8 Å². The van der Waals surface area contributed by atoms with E-state index in [-0.39, 0.29) is 5.91 Å². The molecule has 0 saturated carbocycles. The first kappa shape index (κ1) is 21.1. The van der Waals surface area contributed by atoms with Crippen LogP contribution in [0.3, 0.4) is 0 Å².